The van der Waals surface area contributed by atoms with E-state index in [9.17, 15) is 19.2 Å². The standard InChI is InChI=1S/C21H21N5O5/c1-11-12-7-4-5-8-13(12)31-20(29)15(11)18(27)22-10-6-9-14-23-16-17(24-14)25(2)21(30)26(3)19(16)28/h4-5,7-8H,6,9-10H2,1-3H3,(H,22,27)(H,23,24). The van der Waals surface area contributed by atoms with Crippen molar-refractivity contribution >= 4 is 28.0 Å². The summed E-state index contributed by atoms with van der Waals surface area (Å²) in [6, 6.07) is 7.05. The highest BCUT2D eigenvalue weighted by Gasteiger charge is 2.18. The van der Waals surface area contributed by atoms with E-state index >= 15 is 0 Å². The van der Waals surface area contributed by atoms with Crippen LogP contribution in [0.5, 0.6) is 0 Å². The number of carbonyl (C=O) groups excluding carboxylic acids is 1. The molecule has 0 aliphatic rings. The molecular weight excluding hydrogens is 402 g/mol. The first-order valence-corrected chi connectivity index (χ1v) is 9.75. The zero-order chi connectivity index (χ0) is 22.3. The summed E-state index contributed by atoms with van der Waals surface area (Å²) < 4.78 is 7.58. The fourth-order valence-electron chi connectivity index (χ4n) is 3.61. The molecule has 2 N–H and O–H groups in total. The monoisotopic (exact) mass is 423 g/mol. The minimum Gasteiger partial charge on any atom is -0.422 e. The number of rotatable bonds is 5. The van der Waals surface area contributed by atoms with Crippen molar-refractivity contribution in [3.8, 4) is 0 Å². The van der Waals surface area contributed by atoms with Crippen LogP contribution in [0.4, 0.5) is 0 Å². The molecule has 4 aromatic rings. The van der Waals surface area contributed by atoms with Crippen molar-refractivity contribution in [3.63, 3.8) is 0 Å². The van der Waals surface area contributed by atoms with Gasteiger partial charge in [0, 0.05) is 32.4 Å². The van der Waals surface area contributed by atoms with Gasteiger partial charge in [-0.3, -0.25) is 18.7 Å². The third-order valence-electron chi connectivity index (χ3n) is 5.32. The number of imidazole rings is 1. The smallest absolute Gasteiger partial charge is 0.349 e. The van der Waals surface area contributed by atoms with Crippen molar-refractivity contribution in [2.75, 3.05) is 6.54 Å². The van der Waals surface area contributed by atoms with E-state index in [1.807, 2.05) is 6.07 Å². The van der Waals surface area contributed by atoms with E-state index in [0.29, 0.717) is 41.7 Å². The quantitative estimate of drug-likeness (QED) is 0.359. The summed E-state index contributed by atoms with van der Waals surface area (Å²) in [5, 5.41) is 3.44. The number of para-hydroxylation sites is 1. The maximum Gasteiger partial charge on any atom is 0.349 e. The van der Waals surface area contributed by atoms with Crippen LogP contribution in [-0.4, -0.2) is 31.6 Å². The lowest BCUT2D eigenvalue weighted by Gasteiger charge is -2.08. The Kier molecular flexibility index (Phi) is 5.05. The first kappa shape index (κ1) is 20.3. The molecule has 0 radical (unpaired) electrons. The van der Waals surface area contributed by atoms with Gasteiger partial charge >= 0.3 is 11.3 Å². The highest BCUT2D eigenvalue weighted by atomic mass is 16.4. The zero-order valence-electron chi connectivity index (χ0n) is 17.3. The number of aryl methyl sites for hydroxylation is 3. The van der Waals surface area contributed by atoms with Crippen molar-refractivity contribution in [2.24, 2.45) is 14.1 Å². The van der Waals surface area contributed by atoms with Crippen LogP contribution in [0.3, 0.4) is 0 Å². The average molecular weight is 423 g/mol. The van der Waals surface area contributed by atoms with Crippen LogP contribution in [0.2, 0.25) is 0 Å². The summed E-state index contributed by atoms with van der Waals surface area (Å²) in [6.07, 6.45) is 0.954. The number of fused-ring (bicyclic) bond motifs is 2. The van der Waals surface area contributed by atoms with E-state index in [0.717, 1.165) is 4.57 Å². The molecule has 160 valence electrons. The molecule has 1 aromatic carbocycles. The Morgan fingerprint density at radius 3 is 2.68 bits per heavy atom. The minimum absolute atomic E-state index is 0.0130. The van der Waals surface area contributed by atoms with Crippen LogP contribution >= 0.6 is 0 Å². The Balaban J connectivity index is 1.47. The fraction of sp³-hybridized carbons (Fsp3) is 0.286. The molecule has 0 fully saturated rings. The molecule has 10 nitrogen and oxygen atoms in total. The van der Waals surface area contributed by atoms with E-state index in [4.69, 9.17) is 4.42 Å². The summed E-state index contributed by atoms with van der Waals surface area (Å²) >= 11 is 0. The van der Waals surface area contributed by atoms with Crippen LogP contribution in [-0.2, 0) is 20.5 Å². The van der Waals surface area contributed by atoms with Gasteiger partial charge in [-0.25, -0.2) is 14.6 Å². The highest BCUT2D eigenvalue weighted by Crippen LogP contribution is 2.18. The molecule has 1 amide bonds. The van der Waals surface area contributed by atoms with Crippen molar-refractivity contribution in [1.29, 1.82) is 0 Å². The molecule has 0 saturated heterocycles. The normalized spacial score (nSPS) is 11.3. The maximum absolute atomic E-state index is 12.6. The number of nitrogens with zero attached hydrogens (tertiary/aromatic N) is 3. The second-order valence-corrected chi connectivity index (χ2v) is 7.33. The Labute approximate surface area is 175 Å². The number of amides is 1. The number of aromatic amines is 1. The lowest BCUT2D eigenvalue weighted by Crippen LogP contribution is -2.36. The second kappa shape index (κ2) is 7.71. The molecule has 3 heterocycles. The molecule has 0 bridgehead atoms. The van der Waals surface area contributed by atoms with E-state index in [1.54, 1.807) is 32.2 Å². The first-order chi connectivity index (χ1) is 14.8. The number of carbonyl (C=O) groups is 1. The predicted molar refractivity (Wildman–Crippen MR) is 114 cm³/mol. The lowest BCUT2D eigenvalue weighted by atomic mass is 10.1. The molecule has 0 spiro atoms. The van der Waals surface area contributed by atoms with Crippen LogP contribution in [0, 0.1) is 6.92 Å². The molecule has 0 aliphatic carbocycles. The van der Waals surface area contributed by atoms with E-state index < -0.39 is 22.8 Å². The highest BCUT2D eigenvalue weighted by molar-refractivity contribution is 5.99. The second-order valence-electron chi connectivity index (χ2n) is 7.33. The van der Waals surface area contributed by atoms with Crippen molar-refractivity contribution in [3.05, 3.63) is 72.5 Å². The Bertz CT molecular complexity index is 1510. The summed E-state index contributed by atoms with van der Waals surface area (Å²) in [4.78, 5) is 56.4. The van der Waals surface area contributed by atoms with Gasteiger partial charge in [-0.1, -0.05) is 18.2 Å². The summed E-state index contributed by atoms with van der Waals surface area (Å²) in [6.45, 7) is 2.01. The van der Waals surface area contributed by atoms with Crippen LogP contribution < -0.4 is 22.2 Å². The molecule has 3 aromatic heterocycles. The van der Waals surface area contributed by atoms with Gasteiger partial charge in [-0.15, -0.1) is 0 Å². The molecule has 0 unspecified atom stereocenters. The number of aromatic nitrogens is 4. The van der Waals surface area contributed by atoms with Gasteiger partial charge in [-0.05, 0) is 25.0 Å². The van der Waals surface area contributed by atoms with Gasteiger partial charge in [0.1, 0.15) is 22.5 Å². The van der Waals surface area contributed by atoms with Crippen LogP contribution in [0.1, 0.15) is 28.2 Å². The topological polar surface area (TPSA) is 132 Å². The zero-order valence-corrected chi connectivity index (χ0v) is 17.3. The largest absolute Gasteiger partial charge is 0.422 e. The summed E-state index contributed by atoms with van der Waals surface area (Å²) in [5.74, 6) is 0.0295. The SMILES string of the molecule is Cc1c(C(=O)NCCCc2nc3c([nH]2)c(=O)n(C)c(=O)n3C)c(=O)oc2ccccc12. The number of hydrogen-bond donors (Lipinski definition) is 2. The van der Waals surface area contributed by atoms with Crippen molar-refractivity contribution in [2.45, 2.75) is 19.8 Å². The Hall–Kier alpha value is -3.95. The number of nitrogens with one attached hydrogen (secondary N) is 2. The molecule has 10 heteroatoms. The van der Waals surface area contributed by atoms with Gasteiger partial charge in [0.05, 0.1) is 0 Å². The first-order valence-electron chi connectivity index (χ1n) is 9.75. The van der Waals surface area contributed by atoms with E-state index in [1.165, 1.54) is 11.6 Å². The molecule has 31 heavy (non-hydrogen) atoms. The third-order valence-corrected chi connectivity index (χ3v) is 5.32. The number of benzene rings is 1. The van der Waals surface area contributed by atoms with E-state index in [2.05, 4.69) is 15.3 Å². The Morgan fingerprint density at radius 2 is 1.90 bits per heavy atom. The summed E-state index contributed by atoms with van der Waals surface area (Å²) in [5.41, 5.74) is -0.0327. The van der Waals surface area contributed by atoms with Crippen molar-refractivity contribution in [1.82, 2.24) is 24.4 Å². The van der Waals surface area contributed by atoms with E-state index in [-0.39, 0.29) is 16.7 Å². The maximum atomic E-state index is 12.6. The van der Waals surface area contributed by atoms with Crippen LogP contribution in [0.15, 0.2) is 43.1 Å². The number of H-pyrrole nitrogens is 1. The molecule has 4 rings (SSSR count). The third kappa shape index (κ3) is 3.45. The predicted octanol–water partition coefficient (Wildman–Crippen LogP) is 0.738. The molecule has 0 saturated carbocycles. The van der Waals surface area contributed by atoms with Gasteiger partial charge in [0.15, 0.2) is 5.65 Å². The molecule has 0 aliphatic heterocycles. The summed E-state index contributed by atoms with van der Waals surface area (Å²) in [7, 11) is 2.96. The molecule has 0 atom stereocenters. The minimum atomic E-state index is -0.678. The van der Waals surface area contributed by atoms with Gasteiger partial charge < -0.3 is 14.7 Å². The number of hydrogen-bond acceptors (Lipinski definition) is 6. The Morgan fingerprint density at radius 1 is 1.16 bits per heavy atom. The molecular formula is C21H21N5O5. The van der Waals surface area contributed by atoms with Gasteiger partial charge in [-0.2, -0.15) is 0 Å². The van der Waals surface area contributed by atoms with Gasteiger partial charge in [0.2, 0.25) is 0 Å². The lowest BCUT2D eigenvalue weighted by molar-refractivity contribution is 0.0949. The van der Waals surface area contributed by atoms with Crippen LogP contribution in [0.25, 0.3) is 22.1 Å². The van der Waals surface area contributed by atoms with Crippen molar-refractivity contribution < 1.29 is 9.21 Å². The fourth-order valence-corrected chi connectivity index (χ4v) is 3.61. The van der Waals surface area contributed by atoms with Gasteiger partial charge in [0.25, 0.3) is 11.5 Å². The average Bonchev–Trinajstić information content (AvgIpc) is 3.18.